The second kappa shape index (κ2) is 8.20. The predicted octanol–water partition coefficient (Wildman–Crippen LogP) is 7.00. The van der Waals surface area contributed by atoms with Gasteiger partial charge in [0.25, 0.3) is 0 Å². The number of rotatable bonds is 4. The molecule has 33 heavy (non-hydrogen) atoms. The Morgan fingerprint density at radius 2 is 1.61 bits per heavy atom. The van der Waals surface area contributed by atoms with Crippen molar-refractivity contribution in [3.05, 3.63) is 99.0 Å². The number of halogens is 6. The number of carbonyl (C=O) groups is 2. The van der Waals surface area contributed by atoms with Crippen molar-refractivity contribution >= 4 is 40.5 Å². The van der Waals surface area contributed by atoms with Crippen LogP contribution in [0.25, 0.3) is 16.6 Å². The lowest BCUT2D eigenvalue weighted by Crippen LogP contribution is -2.15. The third-order valence-corrected chi connectivity index (χ3v) is 5.65. The largest absolute Gasteiger partial charge is 0.478 e. The summed E-state index contributed by atoms with van der Waals surface area (Å²) in [5, 5.41) is 8.77. The van der Waals surface area contributed by atoms with Gasteiger partial charge < -0.3 is 9.51 Å². The van der Waals surface area contributed by atoms with Gasteiger partial charge in [-0.15, -0.1) is 0 Å². The van der Waals surface area contributed by atoms with Crippen LogP contribution in [-0.4, -0.2) is 21.3 Å². The third kappa shape index (κ3) is 3.96. The number of pyridine rings is 1. The zero-order valence-electron chi connectivity index (χ0n) is 16.3. The van der Waals surface area contributed by atoms with Gasteiger partial charge in [-0.2, -0.15) is 13.2 Å². The maximum absolute atomic E-state index is 14.8. The molecule has 2 aromatic carbocycles. The Balaban J connectivity index is 1.99. The Morgan fingerprint density at radius 3 is 2.24 bits per heavy atom. The van der Waals surface area contributed by atoms with Crippen molar-refractivity contribution in [3.63, 3.8) is 0 Å². The highest BCUT2D eigenvalue weighted by Crippen LogP contribution is 2.39. The molecule has 0 radical (unpaired) electrons. The van der Waals surface area contributed by atoms with Crippen LogP contribution in [0.5, 0.6) is 0 Å². The van der Waals surface area contributed by atoms with E-state index in [1.807, 2.05) is 0 Å². The number of aromatic nitrogens is 1. The normalized spacial score (nSPS) is 11.7. The van der Waals surface area contributed by atoms with E-state index in [0.29, 0.717) is 0 Å². The molecule has 4 aromatic rings. The number of aromatic carboxylic acids is 1. The van der Waals surface area contributed by atoms with Gasteiger partial charge in [0.2, 0.25) is 5.78 Å². The number of hydrogen-bond acceptors (Lipinski definition) is 2. The zero-order valence-corrected chi connectivity index (χ0v) is 17.8. The van der Waals surface area contributed by atoms with Gasteiger partial charge in [0.1, 0.15) is 5.82 Å². The van der Waals surface area contributed by atoms with Crippen molar-refractivity contribution < 1.29 is 32.3 Å². The Bertz CT molecular complexity index is 1440. The first-order valence-corrected chi connectivity index (χ1v) is 9.99. The number of carboxylic acid groups (broad SMARTS) is 1. The lowest BCUT2D eigenvalue weighted by atomic mass is 9.99. The molecule has 0 aliphatic carbocycles. The summed E-state index contributed by atoms with van der Waals surface area (Å²) < 4.78 is 56.8. The molecule has 2 heterocycles. The van der Waals surface area contributed by atoms with Crippen molar-refractivity contribution in [2.45, 2.75) is 6.18 Å². The first-order valence-electron chi connectivity index (χ1n) is 9.24. The molecule has 10 heteroatoms. The van der Waals surface area contributed by atoms with Gasteiger partial charge in [-0.3, -0.25) is 4.79 Å². The topological polar surface area (TPSA) is 58.8 Å². The van der Waals surface area contributed by atoms with Crippen LogP contribution in [0, 0.1) is 5.82 Å². The van der Waals surface area contributed by atoms with Crippen molar-refractivity contribution in [1.82, 2.24) is 4.40 Å². The summed E-state index contributed by atoms with van der Waals surface area (Å²) in [6.07, 6.45) is -3.45. The highest BCUT2D eigenvalue weighted by molar-refractivity contribution is 6.36. The summed E-state index contributed by atoms with van der Waals surface area (Å²) in [5.74, 6) is -3.29. The molecule has 4 nitrogen and oxygen atoms in total. The van der Waals surface area contributed by atoms with Crippen molar-refractivity contribution in [2.24, 2.45) is 0 Å². The molecular weight excluding hydrogens is 485 g/mol. The minimum atomic E-state index is -4.85. The zero-order chi connectivity index (χ0) is 24.1. The highest BCUT2D eigenvalue weighted by atomic mass is 35.5. The first-order chi connectivity index (χ1) is 15.5. The number of benzene rings is 2. The fraction of sp³-hybridized carbons (Fsp3) is 0.0435. The summed E-state index contributed by atoms with van der Waals surface area (Å²) >= 11 is 12.3. The summed E-state index contributed by atoms with van der Waals surface area (Å²) in [5.41, 5.74) is -2.32. The van der Waals surface area contributed by atoms with Crippen LogP contribution in [-0.2, 0) is 6.18 Å². The Kier molecular flexibility index (Phi) is 5.67. The van der Waals surface area contributed by atoms with Crippen molar-refractivity contribution in [3.8, 4) is 11.1 Å². The molecule has 0 aliphatic rings. The number of hydrogen-bond donors (Lipinski definition) is 1. The average molecular weight is 496 g/mol. The lowest BCUT2D eigenvalue weighted by Gasteiger charge is -2.13. The summed E-state index contributed by atoms with van der Waals surface area (Å²) in [4.78, 5) is 24.4. The molecule has 0 saturated heterocycles. The molecule has 0 aliphatic heterocycles. The second-order valence-corrected chi connectivity index (χ2v) is 7.82. The van der Waals surface area contributed by atoms with E-state index in [4.69, 9.17) is 28.3 Å². The smallest absolute Gasteiger partial charge is 0.417 e. The number of nitrogens with zero attached hydrogens (tertiary/aromatic N) is 1. The van der Waals surface area contributed by atoms with E-state index >= 15 is 0 Å². The monoisotopic (exact) mass is 495 g/mol. The summed E-state index contributed by atoms with van der Waals surface area (Å²) in [6, 6.07) is 10.3. The fourth-order valence-electron chi connectivity index (χ4n) is 3.58. The van der Waals surface area contributed by atoms with Gasteiger partial charge in [-0.1, -0.05) is 35.3 Å². The molecule has 0 unspecified atom stereocenters. The number of fused-ring (bicyclic) bond motifs is 1. The van der Waals surface area contributed by atoms with Gasteiger partial charge in [0.05, 0.1) is 37.9 Å². The van der Waals surface area contributed by atoms with Crippen LogP contribution in [0.2, 0.25) is 10.0 Å². The Morgan fingerprint density at radius 1 is 0.909 bits per heavy atom. The molecule has 0 amide bonds. The number of ketones is 1. The second-order valence-electron chi connectivity index (χ2n) is 7.01. The molecular formula is C23H11Cl2F4NO3. The van der Waals surface area contributed by atoms with Gasteiger partial charge in [0.15, 0.2) is 0 Å². The molecule has 0 atom stereocenters. The number of alkyl halides is 3. The summed E-state index contributed by atoms with van der Waals surface area (Å²) in [6.45, 7) is 0. The first kappa shape index (κ1) is 22.8. The van der Waals surface area contributed by atoms with Gasteiger partial charge in [-0.25, -0.2) is 9.18 Å². The molecule has 0 spiro atoms. The maximum Gasteiger partial charge on any atom is 0.417 e. The number of carboxylic acids is 1. The van der Waals surface area contributed by atoms with E-state index in [-0.39, 0.29) is 32.9 Å². The van der Waals surface area contributed by atoms with E-state index in [9.17, 15) is 27.2 Å². The molecule has 0 fully saturated rings. The average Bonchev–Trinajstić information content (AvgIpc) is 3.13. The van der Waals surface area contributed by atoms with Gasteiger partial charge >= 0.3 is 12.1 Å². The van der Waals surface area contributed by atoms with Crippen LogP contribution < -0.4 is 0 Å². The molecule has 1 N–H and O–H groups in total. The SMILES string of the molecule is O=C(O)c1ccc(-c2cc(C(=O)c3c(Cl)cccc3C(F)(F)F)n3cccc(Cl)c23)c(F)c1. The van der Waals surface area contributed by atoms with Gasteiger partial charge in [-0.05, 0) is 42.5 Å². The molecule has 168 valence electrons. The van der Waals surface area contributed by atoms with Crippen LogP contribution >= 0.6 is 23.2 Å². The van der Waals surface area contributed by atoms with Crippen LogP contribution in [0.3, 0.4) is 0 Å². The van der Waals surface area contributed by atoms with E-state index in [2.05, 4.69) is 0 Å². The van der Waals surface area contributed by atoms with Crippen LogP contribution in [0.15, 0.2) is 60.8 Å². The van der Waals surface area contributed by atoms with E-state index in [1.54, 1.807) is 0 Å². The minimum absolute atomic E-state index is 0.0835. The molecule has 0 saturated carbocycles. The predicted molar refractivity (Wildman–Crippen MR) is 115 cm³/mol. The highest BCUT2D eigenvalue weighted by Gasteiger charge is 2.37. The van der Waals surface area contributed by atoms with E-state index < -0.39 is 39.9 Å². The molecule has 2 aromatic heterocycles. The van der Waals surface area contributed by atoms with Gasteiger partial charge in [0, 0.05) is 17.3 Å². The standard InChI is InChI=1S/C23H11Cl2F4NO3/c24-15-4-1-3-14(23(27,28)29)19(15)21(31)18-10-13(20-16(25)5-2-8-30(18)20)12-7-6-11(22(32)33)9-17(12)26/h1-10H,(H,32,33). The summed E-state index contributed by atoms with van der Waals surface area (Å²) in [7, 11) is 0. The third-order valence-electron chi connectivity index (χ3n) is 5.03. The maximum atomic E-state index is 14.8. The minimum Gasteiger partial charge on any atom is -0.478 e. The lowest BCUT2D eigenvalue weighted by molar-refractivity contribution is -0.137. The van der Waals surface area contributed by atoms with Crippen LogP contribution in [0.1, 0.15) is 32.0 Å². The van der Waals surface area contributed by atoms with Crippen LogP contribution in [0.4, 0.5) is 17.6 Å². The fourth-order valence-corrected chi connectivity index (χ4v) is 4.11. The van der Waals surface area contributed by atoms with Crippen molar-refractivity contribution in [2.75, 3.05) is 0 Å². The van der Waals surface area contributed by atoms with E-state index in [1.165, 1.54) is 40.9 Å². The Hall–Kier alpha value is -3.36. The van der Waals surface area contributed by atoms with Crippen molar-refractivity contribution in [1.29, 1.82) is 0 Å². The van der Waals surface area contributed by atoms with E-state index in [0.717, 1.165) is 24.3 Å². The molecule has 4 rings (SSSR count). The quantitative estimate of drug-likeness (QED) is 0.245. The number of carbonyl (C=O) groups excluding carboxylic acids is 1. The Labute approximate surface area is 193 Å². The molecule has 0 bridgehead atoms.